The fraction of sp³-hybridized carbons (Fsp3) is 0.414. The van der Waals surface area contributed by atoms with E-state index in [2.05, 4.69) is 26.9 Å². The van der Waals surface area contributed by atoms with Crippen molar-refractivity contribution in [3.8, 4) is 11.3 Å². The quantitative estimate of drug-likeness (QED) is 0.412. The van der Waals surface area contributed by atoms with Gasteiger partial charge in [-0.25, -0.2) is 18.3 Å². The second kappa shape index (κ2) is 10.4. The van der Waals surface area contributed by atoms with E-state index in [0.717, 1.165) is 49.1 Å². The minimum atomic E-state index is -0.606. The molecule has 2 N–H and O–H groups in total. The number of nitrogens with two attached hydrogens (primary N) is 1. The Morgan fingerprint density at radius 2 is 1.84 bits per heavy atom. The molecule has 2 atom stereocenters. The molecule has 0 amide bonds. The first-order valence-electron chi connectivity index (χ1n) is 13.3. The van der Waals surface area contributed by atoms with E-state index in [4.69, 9.17) is 10.5 Å². The predicted molar refractivity (Wildman–Crippen MR) is 142 cm³/mol. The number of imidazole rings is 1. The van der Waals surface area contributed by atoms with Crippen molar-refractivity contribution >= 4 is 11.2 Å². The van der Waals surface area contributed by atoms with Crippen LogP contribution in [-0.2, 0) is 11.2 Å². The van der Waals surface area contributed by atoms with Gasteiger partial charge < -0.3 is 15.4 Å². The number of rotatable bonds is 5. The van der Waals surface area contributed by atoms with Crippen LogP contribution in [0.5, 0.6) is 0 Å². The number of piperidine rings is 1. The first-order valence-corrected chi connectivity index (χ1v) is 13.3. The average Bonchev–Trinajstić information content (AvgIpc) is 3.30. The van der Waals surface area contributed by atoms with Crippen LogP contribution in [0.15, 0.2) is 48.9 Å². The highest BCUT2D eigenvalue weighted by atomic mass is 19.1. The molecule has 1 aromatic carbocycles. The van der Waals surface area contributed by atoms with Gasteiger partial charge in [-0.15, -0.1) is 0 Å². The number of ether oxygens (including phenoxy) is 1. The Morgan fingerprint density at radius 3 is 2.61 bits per heavy atom. The van der Waals surface area contributed by atoms with Crippen molar-refractivity contribution in [3.05, 3.63) is 77.5 Å². The number of anilines is 1. The number of fused-ring (bicyclic) bond motifs is 1. The summed E-state index contributed by atoms with van der Waals surface area (Å²) in [6, 6.07) is 8.46. The SMILES string of the molecule is C[C@@H]1C[C@H](N)CN(c2ccncc2Cc2ncc3ccc(-c4c(F)cc(C5CCOCC5)cc4F)nn23)C1. The molecule has 7 nitrogen and oxygen atoms in total. The Hall–Kier alpha value is -3.43. The van der Waals surface area contributed by atoms with Gasteiger partial charge in [0.25, 0.3) is 0 Å². The van der Waals surface area contributed by atoms with Crippen molar-refractivity contribution in [2.45, 2.75) is 44.6 Å². The summed E-state index contributed by atoms with van der Waals surface area (Å²) in [5, 5.41) is 4.63. The second-order valence-corrected chi connectivity index (χ2v) is 10.7. The van der Waals surface area contributed by atoms with Gasteiger partial charge >= 0.3 is 0 Å². The highest BCUT2D eigenvalue weighted by Crippen LogP contribution is 2.33. The van der Waals surface area contributed by atoms with Gasteiger partial charge in [-0.05, 0) is 67.0 Å². The first kappa shape index (κ1) is 24.9. The van der Waals surface area contributed by atoms with Crippen LogP contribution in [0, 0.1) is 17.6 Å². The zero-order valence-corrected chi connectivity index (χ0v) is 21.5. The maximum atomic E-state index is 15.3. The fourth-order valence-corrected chi connectivity index (χ4v) is 5.92. The molecule has 4 aromatic rings. The number of halogens is 2. The molecule has 2 aliphatic rings. The zero-order valence-electron chi connectivity index (χ0n) is 21.5. The standard InChI is InChI=1S/C29H32F2N6O/c1-18-10-22(32)17-36(16-18)27-4-7-33-14-21(27)13-28-34-15-23-2-3-26(35-37(23)28)29-24(30)11-20(12-25(29)31)19-5-8-38-9-6-19/h2-4,7,11-12,14-15,18-19,22H,5-6,8-10,13,16-17,32H2,1H3/t18-,22+/m1/s1. The van der Waals surface area contributed by atoms with Crippen LogP contribution in [0.25, 0.3) is 16.8 Å². The molecular weight excluding hydrogens is 486 g/mol. The molecule has 3 aromatic heterocycles. The molecule has 0 saturated carbocycles. The van der Waals surface area contributed by atoms with Crippen molar-refractivity contribution in [1.82, 2.24) is 19.6 Å². The van der Waals surface area contributed by atoms with Crippen LogP contribution in [0.2, 0.25) is 0 Å². The van der Waals surface area contributed by atoms with Gasteiger partial charge in [0.1, 0.15) is 17.5 Å². The van der Waals surface area contributed by atoms with E-state index in [1.165, 1.54) is 12.1 Å². The summed E-state index contributed by atoms with van der Waals surface area (Å²) in [4.78, 5) is 11.3. The molecule has 0 aliphatic carbocycles. The van der Waals surface area contributed by atoms with E-state index in [1.54, 1.807) is 29.0 Å². The summed E-state index contributed by atoms with van der Waals surface area (Å²) in [5.41, 5.74) is 9.93. The molecule has 0 bridgehead atoms. The van der Waals surface area contributed by atoms with Gasteiger partial charge in [0.05, 0.1) is 23.0 Å². The minimum absolute atomic E-state index is 0.101. The molecule has 0 unspecified atom stereocenters. The molecular formula is C29H32F2N6O. The molecule has 0 radical (unpaired) electrons. The number of hydrogen-bond donors (Lipinski definition) is 1. The van der Waals surface area contributed by atoms with Crippen molar-refractivity contribution < 1.29 is 13.5 Å². The summed E-state index contributed by atoms with van der Waals surface area (Å²) < 4.78 is 37.6. The van der Waals surface area contributed by atoms with Crippen molar-refractivity contribution in [2.24, 2.45) is 11.7 Å². The highest BCUT2D eigenvalue weighted by molar-refractivity contribution is 5.63. The molecule has 0 spiro atoms. The van der Waals surface area contributed by atoms with E-state index < -0.39 is 11.6 Å². The third-order valence-electron chi connectivity index (χ3n) is 7.73. The summed E-state index contributed by atoms with van der Waals surface area (Å²) in [7, 11) is 0. The first-order chi connectivity index (χ1) is 18.5. The van der Waals surface area contributed by atoms with Crippen molar-refractivity contribution in [1.29, 1.82) is 0 Å². The van der Waals surface area contributed by atoms with Gasteiger partial charge in [-0.1, -0.05) is 6.92 Å². The lowest BCUT2D eigenvalue weighted by molar-refractivity contribution is 0.0852. The van der Waals surface area contributed by atoms with Gasteiger partial charge in [-0.3, -0.25) is 4.98 Å². The molecule has 2 fully saturated rings. The van der Waals surface area contributed by atoms with Crippen LogP contribution >= 0.6 is 0 Å². The maximum absolute atomic E-state index is 15.3. The fourth-order valence-electron chi connectivity index (χ4n) is 5.92. The van der Waals surface area contributed by atoms with Crippen LogP contribution in [0.3, 0.4) is 0 Å². The number of benzene rings is 1. The third kappa shape index (κ3) is 4.88. The van der Waals surface area contributed by atoms with Gasteiger partial charge in [0.2, 0.25) is 0 Å². The van der Waals surface area contributed by atoms with Crippen LogP contribution in [-0.4, -0.2) is 51.9 Å². The molecule has 2 aliphatic heterocycles. The summed E-state index contributed by atoms with van der Waals surface area (Å²) in [6.45, 7) is 5.15. The normalized spacial score (nSPS) is 20.8. The van der Waals surface area contributed by atoms with E-state index in [9.17, 15) is 0 Å². The Morgan fingerprint density at radius 1 is 1.05 bits per heavy atom. The highest BCUT2D eigenvalue weighted by Gasteiger charge is 2.25. The van der Waals surface area contributed by atoms with Crippen LogP contribution < -0.4 is 10.6 Å². The average molecular weight is 519 g/mol. The Kier molecular flexibility index (Phi) is 6.80. The molecule has 198 valence electrons. The smallest absolute Gasteiger partial charge is 0.135 e. The molecule has 6 rings (SSSR count). The lowest BCUT2D eigenvalue weighted by Crippen LogP contribution is -2.46. The van der Waals surface area contributed by atoms with E-state index in [1.807, 2.05) is 12.3 Å². The molecule has 5 heterocycles. The zero-order chi connectivity index (χ0) is 26.2. The summed E-state index contributed by atoms with van der Waals surface area (Å²) in [6.07, 6.45) is 8.37. The summed E-state index contributed by atoms with van der Waals surface area (Å²) in [5.74, 6) is 0.0581. The third-order valence-corrected chi connectivity index (χ3v) is 7.73. The van der Waals surface area contributed by atoms with Crippen LogP contribution in [0.1, 0.15) is 49.1 Å². The largest absolute Gasteiger partial charge is 0.381 e. The Balaban J connectivity index is 1.32. The van der Waals surface area contributed by atoms with Crippen LogP contribution in [0.4, 0.5) is 14.5 Å². The number of pyridine rings is 1. The Bertz CT molecular complexity index is 1420. The van der Waals surface area contributed by atoms with E-state index >= 15 is 8.78 Å². The molecule has 9 heteroatoms. The van der Waals surface area contributed by atoms with Crippen molar-refractivity contribution in [3.63, 3.8) is 0 Å². The number of nitrogens with zero attached hydrogens (tertiary/aromatic N) is 5. The predicted octanol–water partition coefficient (Wildman–Crippen LogP) is 4.73. The minimum Gasteiger partial charge on any atom is -0.381 e. The van der Waals surface area contributed by atoms with Gasteiger partial charge in [-0.2, -0.15) is 5.10 Å². The number of hydrogen-bond acceptors (Lipinski definition) is 6. The van der Waals surface area contributed by atoms with Gasteiger partial charge in [0.15, 0.2) is 0 Å². The topological polar surface area (TPSA) is 81.6 Å². The maximum Gasteiger partial charge on any atom is 0.135 e. The lowest BCUT2D eigenvalue weighted by atomic mass is 9.90. The van der Waals surface area contributed by atoms with E-state index in [-0.39, 0.29) is 23.2 Å². The Labute approximate surface area is 220 Å². The lowest BCUT2D eigenvalue weighted by Gasteiger charge is -2.37. The monoisotopic (exact) mass is 518 g/mol. The second-order valence-electron chi connectivity index (χ2n) is 10.7. The van der Waals surface area contributed by atoms with Crippen molar-refractivity contribution in [2.75, 3.05) is 31.2 Å². The van der Waals surface area contributed by atoms with Gasteiger partial charge in [0, 0.05) is 62.4 Å². The molecule has 38 heavy (non-hydrogen) atoms. The van der Waals surface area contributed by atoms with E-state index in [0.29, 0.717) is 36.9 Å². The number of aromatic nitrogens is 4. The summed E-state index contributed by atoms with van der Waals surface area (Å²) >= 11 is 0. The molecule has 2 saturated heterocycles.